The fourth-order valence-corrected chi connectivity index (χ4v) is 11.5. The van der Waals surface area contributed by atoms with E-state index >= 15 is 0 Å². The monoisotopic (exact) mass is 1180 g/mol. The minimum atomic E-state index is -1.92. The molecule has 0 radical (unpaired) electrons. The van der Waals surface area contributed by atoms with E-state index in [1.807, 2.05) is 13.0 Å². The molecule has 0 bridgehead atoms. The third-order valence-corrected chi connectivity index (χ3v) is 16.0. The van der Waals surface area contributed by atoms with Gasteiger partial charge in [0.25, 0.3) is 11.8 Å². The molecule has 6 rings (SSSR count). The van der Waals surface area contributed by atoms with Gasteiger partial charge in [-0.15, -0.1) is 0 Å². The van der Waals surface area contributed by atoms with Gasteiger partial charge in [0, 0.05) is 47.4 Å². The maximum absolute atomic E-state index is 13.9. The SMILES string of the molecule is C[C@H](NC(=O)CCOCCOCCOCCOCCOCCOCCN1C(=O)C=CC1=O)C(=O)N[C@@H](C)C(=O)NC(CC(N)=O)C(=O)Nc1ccc(COC(=O)OCC(=O)C2(O)CCC3[C@H]4CCC5=CC(=O)C=C[C@@]5(C)C4C(=O)C[C@]32C)cc1. The summed E-state index contributed by atoms with van der Waals surface area (Å²) in [6.45, 7) is 9.07. The van der Waals surface area contributed by atoms with Crippen LogP contribution < -0.4 is 27.0 Å². The Labute approximate surface area is 486 Å². The zero-order valence-corrected chi connectivity index (χ0v) is 47.9. The number of nitrogens with zero attached hydrogens (tertiary/aromatic N) is 1. The van der Waals surface area contributed by atoms with Crippen LogP contribution in [0.4, 0.5) is 10.5 Å². The van der Waals surface area contributed by atoms with E-state index in [0.717, 1.165) is 10.5 Å². The Morgan fingerprint density at radius 2 is 1.26 bits per heavy atom. The summed E-state index contributed by atoms with van der Waals surface area (Å²) in [6, 6.07) is 2.21. The van der Waals surface area contributed by atoms with Crippen LogP contribution in [0.2, 0.25) is 0 Å². The Hall–Kier alpha value is -7.07. The summed E-state index contributed by atoms with van der Waals surface area (Å²) in [5, 5.41) is 21.9. The summed E-state index contributed by atoms with van der Waals surface area (Å²) >= 11 is 0. The van der Waals surface area contributed by atoms with Gasteiger partial charge in [-0.2, -0.15) is 0 Å². The van der Waals surface area contributed by atoms with Crippen LogP contribution >= 0.6 is 0 Å². The van der Waals surface area contributed by atoms with E-state index in [2.05, 4.69) is 21.3 Å². The van der Waals surface area contributed by atoms with Crippen molar-refractivity contribution in [2.24, 2.45) is 34.3 Å². The van der Waals surface area contributed by atoms with Gasteiger partial charge in [-0.1, -0.05) is 37.6 Å². The van der Waals surface area contributed by atoms with E-state index in [-0.39, 0.29) is 106 Å². The molecule has 0 spiro atoms. The van der Waals surface area contributed by atoms with E-state index in [9.17, 15) is 57.8 Å². The molecule has 4 unspecified atom stereocenters. The minimum Gasteiger partial charge on any atom is -0.429 e. The lowest BCUT2D eigenvalue weighted by Gasteiger charge is -2.56. The number of ketones is 3. The molecule has 7 amide bonds. The van der Waals surface area contributed by atoms with Crippen LogP contribution in [-0.2, 0) is 92.4 Å². The second-order valence-electron chi connectivity index (χ2n) is 21.7. The first-order chi connectivity index (χ1) is 40.1. The second kappa shape index (κ2) is 31.2. The molecule has 0 aromatic heterocycles. The smallest absolute Gasteiger partial charge is 0.429 e. The Kier molecular flexibility index (Phi) is 24.5. The van der Waals surface area contributed by atoms with Crippen LogP contribution in [-0.4, -0.2) is 191 Å². The third kappa shape index (κ3) is 17.7. The molecule has 5 aliphatic rings. The van der Waals surface area contributed by atoms with Crippen LogP contribution in [0.1, 0.15) is 78.2 Å². The summed E-state index contributed by atoms with van der Waals surface area (Å²) in [5.74, 6) is -5.98. The second-order valence-corrected chi connectivity index (χ2v) is 21.7. The standard InChI is InChI=1S/C58H78N6O20/c1-36(60-48(69)15-19-77-21-23-79-25-27-81-29-30-82-28-26-80-24-22-78-20-18-64-49(70)11-12-50(64)71)52(72)61-37(2)53(73)63-44(32-47(59)68)54(74)62-40-8-5-38(6-9-40)34-83-55(75)84-35-46(67)58(76)17-14-43-42-10-7-39-31-41(65)13-16-56(39,3)51(42)45(66)33-57(43,58)4/h5-6,8-9,11-13,16,31,36-37,42-44,51,76H,7,10,14-15,17-30,32-35H2,1-4H3,(H2,59,68)(H,60,69)(H,61,72)(H,62,74)(H,63,73)/t36-,37-,42+,43?,44?,51?,56+,57+,58?/m0/s1. The van der Waals surface area contributed by atoms with Gasteiger partial charge in [-0.3, -0.25) is 52.8 Å². The number of anilines is 1. The number of nitrogens with two attached hydrogens (primary N) is 1. The number of hydrogen-bond donors (Lipinski definition) is 6. The van der Waals surface area contributed by atoms with Crippen molar-refractivity contribution in [3.05, 3.63) is 65.8 Å². The average molecular weight is 1180 g/mol. The number of hydrogen-bond acceptors (Lipinski definition) is 20. The highest BCUT2D eigenvalue weighted by Gasteiger charge is 2.68. The summed E-state index contributed by atoms with van der Waals surface area (Å²) < 4.78 is 42.9. The first-order valence-corrected chi connectivity index (χ1v) is 28.2. The topological polar surface area (TPSA) is 359 Å². The fraction of sp³-hybridized carbons (Fsp3) is 0.603. The Bertz CT molecular complexity index is 2660. The first-order valence-electron chi connectivity index (χ1n) is 28.2. The van der Waals surface area contributed by atoms with Gasteiger partial charge in [0.05, 0.1) is 92.2 Å². The van der Waals surface area contributed by atoms with Gasteiger partial charge in [-0.25, -0.2) is 4.79 Å². The largest absolute Gasteiger partial charge is 0.509 e. The summed E-state index contributed by atoms with van der Waals surface area (Å²) in [4.78, 5) is 140. The Morgan fingerprint density at radius 3 is 1.86 bits per heavy atom. The molecule has 9 atom stereocenters. The van der Waals surface area contributed by atoms with Gasteiger partial charge in [0.2, 0.25) is 35.3 Å². The Balaban J connectivity index is 0.788. The number of carbonyl (C=O) groups is 11. The number of imide groups is 1. The van der Waals surface area contributed by atoms with E-state index in [1.165, 1.54) is 56.3 Å². The number of nitrogens with one attached hydrogen (secondary N) is 4. The average Bonchev–Trinajstić information content (AvgIpc) is 1.66. The van der Waals surface area contributed by atoms with E-state index in [4.69, 9.17) is 43.6 Å². The van der Waals surface area contributed by atoms with Gasteiger partial charge < -0.3 is 70.0 Å². The van der Waals surface area contributed by atoms with Crippen LogP contribution in [0.5, 0.6) is 0 Å². The lowest BCUT2D eigenvalue weighted by atomic mass is 9.46. The van der Waals surface area contributed by atoms with Crippen molar-refractivity contribution in [3.63, 3.8) is 0 Å². The number of primary amides is 1. The molecule has 4 aliphatic carbocycles. The lowest BCUT2D eigenvalue weighted by molar-refractivity contribution is -0.169. The molecule has 3 fully saturated rings. The molecule has 26 nitrogen and oxygen atoms in total. The number of rotatable bonds is 35. The van der Waals surface area contributed by atoms with Crippen molar-refractivity contribution in [2.75, 3.05) is 97.8 Å². The summed E-state index contributed by atoms with van der Waals surface area (Å²) in [6.07, 6.45) is 7.43. The number of aliphatic hydroxyl groups is 1. The van der Waals surface area contributed by atoms with Crippen molar-refractivity contribution < 1.29 is 95.7 Å². The van der Waals surface area contributed by atoms with Crippen molar-refractivity contribution in [2.45, 2.75) is 103 Å². The van der Waals surface area contributed by atoms with E-state index < -0.39 is 89.1 Å². The van der Waals surface area contributed by atoms with Crippen molar-refractivity contribution >= 4 is 70.5 Å². The maximum Gasteiger partial charge on any atom is 0.509 e. The molecule has 3 saturated carbocycles. The zero-order valence-electron chi connectivity index (χ0n) is 47.9. The van der Waals surface area contributed by atoms with Crippen LogP contribution in [0.3, 0.4) is 0 Å². The van der Waals surface area contributed by atoms with Gasteiger partial charge in [-0.05, 0) is 81.2 Å². The van der Waals surface area contributed by atoms with Gasteiger partial charge >= 0.3 is 6.16 Å². The fourth-order valence-electron chi connectivity index (χ4n) is 11.5. The molecule has 1 heterocycles. The van der Waals surface area contributed by atoms with Crippen molar-refractivity contribution in [1.82, 2.24) is 20.9 Å². The maximum atomic E-state index is 13.9. The molecule has 0 saturated heterocycles. The highest BCUT2D eigenvalue weighted by Crippen LogP contribution is 2.66. The number of benzene rings is 1. The summed E-state index contributed by atoms with van der Waals surface area (Å²) in [5.41, 5.74) is 3.38. The third-order valence-electron chi connectivity index (χ3n) is 16.0. The highest BCUT2D eigenvalue weighted by atomic mass is 16.7. The lowest BCUT2D eigenvalue weighted by Crippen LogP contribution is -2.60. The molecule has 1 aromatic carbocycles. The molecule has 26 heteroatoms. The molecule has 1 aromatic rings. The Morgan fingerprint density at radius 1 is 0.702 bits per heavy atom. The molecular formula is C58H78N6O20. The molecule has 84 heavy (non-hydrogen) atoms. The molecule has 460 valence electrons. The molecule has 1 aliphatic heterocycles. The van der Waals surface area contributed by atoms with Crippen molar-refractivity contribution in [3.8, 4) is 0 Å². The molecule has 7 N–H and O–H groups in total. The number of fused-ring (bicyclic) bond motifs is 5. The van der Waals surface area contributed by atoms with Crippen molar-refractivity contribution in [1.29, 1.82) is 0 Å². The van der Waals surface area contributed by atoms with Gasteiger partial charge in [0.15, 0.2) is 12.4 Å². The van der Waals surface area contributed by atoms with Crippen LogP contribution in [0.25, 0.3) is 0 Å². The number of allylic oxidation sites excluding steroid dienone is 4. The van der Waals surface area contributed by atoms with E-state index in [0.29, 0.717) is 77.7 Å². The zero-order chi connectivity index (χ0) is 61.0. The number of Topliss-reactive ketones (excluding diaryl/α,β-unsaturated/α-hetero) is 2. The normalized spacial score (nSPS) is 24.2. The quantitative estimate of drug-likeness (QED) is 0.0312. The predicted molar refractivity (Wildman–Crippen MR) is 295 cm³/mol. The number of ether oxygens (including phenoxy) is 8. The van der Waals surface area contributed by atoms with Crippen LogP contribution in [0.15, 0.2) is 60.2 Å². The van der Waals surface area contributed by atoms with Gasteiger partial charge in [0.1, 0.15) is 36.1 Å². The summed E-state index contributed by atoms with van der Waals surface area (Å²) in [7, 11) is 0. The first kappa shape index (κ1) is 66.1. The predicted octanol–water partition coefficient (Wildman–Crippen LogP) is 0.850. The number of amides is 7. The molecular weight excluding hydrogens is 1100 g/mol. The minimum absolute atomic E-state index is 0.0362. The highest BCUT2D eigenvalue weighted by molar-refractivity contribution is 6.13. The number of carbonyl (C=O) groups excluding carboxylic acids is 11. The van der Waals surface area contributed by atoms with E-state index in [1.54, 1.807) is 13.0 Å². The van der Waals surface area contributed by atoms with Crippen LogP contribution in [0, 0.1) is 28.6 Å².